The van der Waals surface area contributed by atoms with Gasteiger partial charge in [0.25, 0.3) is 11.6 Å². The van der Waals surface area contributed by atoms with Crippen LogP contribution in [0.2, 0.25) is 0 Å². The van der Waals surface area contributed by atoms with Crippen molar-refractivity contribution < 1.29 is 19.6 Å². The number of aliphatic carboxylic acids is 1. The Hall–Kier alpha value is -2.78. The Morgan fingerprint density at radius 3 is 2.63 bits per heavy atom. The maximum atomic E-state index is 12.0. The molecule has 0 spiro atoms. The van der Waals surface area contributed by atoms with Gasteiger partial charge in [0.15, 0.2) is 0 Å². The first kappa shape index (κ1) is 20.5. The number of carboxylic acid groups (broad SMARTS) is 1. The average Bonchev–Trinajstić information content (AvgIpc) is 3.03. The van der Waals surface area contributed by atoms with Crippen LogP contribution in [0, 0.1) is 16.0 Å². The lowest BCUT2D eigenvalue weighted by atomic mass is 9.78. The van der Waals surface area contributed by atoms with Crippen LogP contribution in [0.5, 0.6) is 0 Å². The Morgan fingerprint density at radius 1 is 1.23 bits per heavy atom. The summed E-state index contributed by atoms with van der Waals surface area (Å²) in [6.45, 7) is 0. The van der Waals surface area contributed by atoms with E-state index in [-0.39, 0.29) is 28.3 Å². The van der Waals surface area contributed by atoms with Gasteiger partial charge in [-0.15, -0.1) is 23.4 Å². The van der Waals surface area contributed by atoms with Gasteiger partial charge in [0, 0.05) is 17.2 Å². The summed E-state index contributed by atoms with van der Waals surface area (Å²) in [4.78, 5) is 35.3. The predicted molar refractivity (Wildman–Crippen MR) is 113 cm³/mol. The van der Waals surface area contributed by atoms with E-state index >= 15 is 0 Å². The number of carbonyl (C=O) groups excluding carboxylic acids is 1. The molecule has 5 atom stereocenters. The lowest BCUT2D eigenvalue weighted by molar-refractivity contribution is -0.387. The van der Waals surface area contributed by atoms with Crippen LogP contribution in [0.3, 0.4) is 0 Å². The number of nitrogens with zero attached hydrogens (tertiary/aromatic N) is 1. The van der Waals surface area contributed by atoms with Gasteiger partial charge in [0.2, 0.25) is 0 Å². The molecule has 0 saturated heterocycles. The van der Waals surface area contributed by atoms with Crippen molar-refractivity contribution in [1.29, 1.82) is 0 Å². The number of para-hydroxylation sites is 2. The van der Waals surface area contributed by atoms with Crippen molar-refractivity contribution in [2.75, 3.05) is 5.32 Å². The molecule has 4 N–H and O–H groups in total. The summed E-state index contributed by atoms with van der Waals surface area (Å²) in [5, 5.41) is 23.4. The molecule has 1 heterocycles. The summed E-state index contributed by atoms with van der Waals surface area (Å²) < 4.78 is 0. The second-order valence-electron chi connectivity index (χ2n) is 7.35. The maximum Gasteiger partial charge on any atom is 0.326 e. The highest BCUT2D eigenvalue weighted by Gasteiger charge is 2.52. The Bertz CT molecular complexity index is 1050. The van der Waals surface area contributed by atoms with Gasteiger partial charge in [-0.25, -0.2) is 4.79 Å². The van der Waals surface area contributed by atoms with Gasteiger partial charge in [-0.05, 0) is 30.0 Å². The number of hydrogen-bond donors (Lipinski definition) is 3. The number of nitrogens with one attached hydrogen (secondary N) is 1. The van der Waals surface area contributed by atoms with Crippen molar-refractivity contribution in [3.8, 4) is 0 Å². The summed E-state index contributed by atoms with van der Waals surface area (Å²) in [5.74, 6) is -2.36. The minimum atomic E-state index is -1.05. The fourth-order valence-corrected chi connectivity index (χ4v) is 6.41. The summed E-state index contributed by atoms with van der Waals surface area (Å²) >= 11 is 8.13. The highest BCUT2D eigenvalue weighted by Crippen LogP contribution is 2.55. The topological polar surface area (TPSA) is 136 Å². The molecule has 30 heavy (non-hydrogen) atoms. The smallest absolute Gasteiger partial charge is 0.326 e. The molecule has 156 valence electrons. The zero-order valence-electron chi connectivity index (χ0n) is 15.5. The van der Waals surface area contributed by atoms with Crippen molar-refractivity contribution in [2.24, 2.45) is 11.7 Å². The Morgan fingerprint density at radius 2 is 1.97 bits per heavy atom. The molecule has 1 saturated carbocycles. The average molecular weight is 448 g/mol. The Labute approximate surface area is 180 Å². The van der Waals surface area contributed by atoms with E-state index in [0.29, 0.717) is 17.0 Å². The summed E-state index contributed by atoms with van der Waals surface area (Å²) in [7, 11) is 0. The fourth-order valence-electron chi connectivity index (χ4n) is 4.46. The number of hydrogen-bond acceptors (Lipinski definition) is 6. The number of carbonyl (C=O) groups is 2. The molecular weight excluding hydrogens is 430 g/mol. The molecule has 4 rings (SSSR count). The number of nitrogens with two attached hydrogens (primary N) is 1. The van der Waals surface area contributed by atoms with Gasteiger partial charge < -0.3 is 16.2 Å². The van der Waals surface area contributed by atoms with Gasteiger partial charge in [-0.3, -0.25) is 14.9 Å². The number of alkyl halides is 1. The van der Waals surface area contributed by atoms with Crippen molar-refractivity contribution in [3.05, 3.63) is 63.7 Å². The third-order valence-electron chi connectivity index (χ3n) is 5.72. The molecule has 0 bridgehead atoms. The molecule has 2 aromatic rings. The number of carboxylic acids is 1. The number of rotatable bonds is 5. The van der Waals surface area contributed by atoms with Crippen LogP contribution in [0.1, 0.15) is 28.3 Å². The molecule has 0 aromatic heterocycles. The summed E-state index contributed by atoms with van der Waals surface area (Å²) in [6.07, 6.45) is 0.458. The zero-order valence-corrected chi connectivity index (χ0v) is 17.1. The lowest BCUT2D eigenvalue weighted by Gasteiger charge is -2.36. The first-order valence-corrected chi connectivity index (χ1v) is 10.6. The molecule has 1 aliphatic carbocycles. The first-order valence-electron chi connectivity index (χ1n) is 9.25. The van der Waals surface area contributed by atoms with Gasteiger partial charge in [0.05, 0.1) is 26.4 Å². The SMILES string of the molecule is NC(=O)c1cccc2c1N[C@H](C(=O)O)[C@H]1C[C@H](Sc3ccccc3[N+](=O)[O-])[C@@H](Cl)[C@@H]21. The number of nitro groups is 1. The number of nitro benzene ring substituents is 1. The van der Waals surface area contributed by atoms with Crippen LogP contribution < -0.4 is 11.1 Å². The molecule has 0 radical (unpaired) electrons. The number of fused-ring (bicyclic) bond motifs is 3. The third-order valence-corrected chi connectivity index (χ3v) is 7.83. The van der Waals surface area contributed by atoms with Crippen molar-refractivity contribution in [1.82, 2.24) is 0 Å². The number of primary amides is 1. The molecule has 2 aliphatic rings. The molecule has 1 fully saturated rings. The quantitative estimate of drug-likeness (QED) is 0.363. The van der Waals surface area contributed by atoms with E-state index in [1.807, 2.05) is 6.07 Å². The largest absolute Gasteiger partial charge is 0.480 e. The van der Waals surface area contributed by atoms with Crippen LogP contribution in [0.15, 0.2) is 47.4 Å². The highest BCUT2D eigenvalue weighted by molar-refractivity contribution is 8.00. The van der Waals surface area contributed by atoms with Gasteiger partial charge in [0.1, 0.15) is 6.04 Å². The number of anilines is 1. The lowest BCUT2D eigenvalue weighted by Crippen LogP contribution is -2.43. The van der Waals surface area contributed by atoms with E-state index in [1.165, 1.54) is 17.8 Å². The fraction of sp³-hybridized carbons (Fsp3) is 0.300. The first-order chi connectivity index (χ1) is 14.3. The minimum absolute atomic E-state index is 0.00874. The minimum Gasteiger partial charge on any atom is -0.480 e. The van der Waals surface area contributed by atoms with E-state index in [4.69, 9.17) is 17.3 Å². The van der Waals surface area contributed by atoms with E-state index in [9.17, 15) is 24.8 Å². The Kier molecular flexibility index (Phi) is 5.33. The van der Waals surface area contributed by atoms with Gasteiger partial charge in [-0.1, -0.05) is 24.3 Å². The molecule has 0 unspecified atom stereocenters. The molecule has 1 aliphatic heterocycles. The van der Waals surface area contributed by atoms with Gasteiger partial charge in [-0.2, -0.15) is 0 Å². The van der Waals surface area contributed by atoms with Crippen LogP contribution in [-0.2, 0) is 4.79 Å². The van der Waals surface area contributed by atoms with Crippen LogP contribution in [0.25, 0.3) is 0 Å². The van der Waals surface area contributed by atoms with Crippen molar-refractivity contribution in [3.63, 3.8) is 0 Å². The van der Waals surface area contributed by atoms with Crippen molar-refractivity contribution in [2.45, 2.75) is 33.9 Å². The zero-order chi connectivity index (χ0) is 21.6. The standard InChI is InChI=1S/C20H18ClN3O5S/c21-16-14(30-13-7-2-1-6-12(13)24(28)29)8-11-15(16)9-4-3-5-10(19(22)25)17(9)23-18(11)20(26)27/h1-7,11,14-16,18,23H,8H2,(H2,22,25)(H,26,27)/t11-,14-,15-,16+,18-/m0/s1. The van der Waals surface area contributed by atoms with Crippen LogP contribution in [-0.4, -0.2) is 38.6 Å². The van der Waals surface area contributed by atoms with E-state index in [1.54, 1.807) is 30.3 Å². The molecule has 2 aromatic carbocycles. The molecular formula is C20H18ClN3O5S. The summed E-state index contributed by atoms with van der Waals surface area (Å²) in [6, 6.07) is 10.5. The van der Waals surface area contributed by atoms with Crippen molar-refractivity contribution >= 4 is 46.6 Å². The number of amides is 1. The number of benzene rings is 2. The molecule has 10 heteroatoms. The predicted octanol–water partition coefficient (Wildman–Crippen LogP) is 3.44. The monoisotopic (exact) mass is 447 g/mol. The number of thioether (sulfide) groups is 1. The van der Waals surface area contributed by atoms with E-state index < -0.39 is 28.2 Å². The highest BCUT2D eigenvalue weighted by atomic mass is 35.5. The second kappa shape index (κ2) is 7.81. The molecule has 8 nitrogen and oxygen atoms in total. The van der Waals surface area contributed by atoms with E-state index in [2.05, 4.69) is 5.32 Å². The Balaban J connectivity index is 1.73. The number of halogens is 1. The second-order valence-corrected chi connectivity index (χ2v) is 9.13. The normalized spacial score (nSPS) is 26.9. The summed E-state index contributed by atoms with van der Waals surface area (Å²) in [5.41, 5.74) is 6.84. The van der Waals surface area contributed by atoms with Crippen LogP contribution in [0.4, 0.5) is 11.4 Å². The van der Waals surface area contributed by atoms with Crippen LogP contribution >= 0.6 is 23.4 Å². The molecule has 1 amide bonds. The third kappa shape index (κ3) is 3.37. The van der Waals surface area contributed by atoms with Gasteiger partial charge >= 0.3 is 5.97 Å². The van der Waals surface area contributed by atoms with E-state index in [0.717, 1.165) is 5.56 Å². The maximum absolute atomic E-state index is 12.0.